The minimum absolute atomic E-state index is 0.0289. The van der Waals surface area contributed by atoms with Crippen LogP contribution in [-0.4, -0.2) is 37.7 Å². The highest BCUT2D eigenvalue weighted by Crippen LogP contribution is 2.35. The Balaban J connectivity index is 2.54. The fourth-order valence-corrected chi connectivity index (χ4v) is 4.00. The van der Waals surface area contributed by atoms with Gasteiger partial charge in [-0.3, -0.25) is 0 Å². The molecule has 122 valence electrons. The normalized spacial score (nSPS) is 23.0. The zero-order valence-corrected chi connectivity index (χ0v) is 13.7. The van der Waals surface area contributed by atoms with Crippen molar-refractivity contribution in [3.8, 4) is 5.75 Å². The van der Waals surface area contributed by atoms with Gasteiger partial charge in [-0.1, -0.05) is 6.08 Å². The second-order valence-corrected chi connectivity index (χ2v) is 7.10. The van der Waals surface area contributed by atoms with E-state index in [-0.39, 0.29) is 29.6 Å². The lowest BCUT2D eigenvalue weighted by molar-refractivity contribution is 0.0508. The Morgan fingerprint density at radius 2 is 2.32 bits per heavy atom. The van der Waals surface area contributed by atoms with Crippen LogP contribution in [-0.2, 0) is 21.8 Å². The molecule has 0 radical (unpaired) electrons. The molecule has 0 bridgehead atoms. The lowest BCUT2D eigenvalue weighted by Gasteiger charge is -2.26. The van der Waals surface area contributed by atoms with E-state index >= 15 is 0 Å². The maximum absolute atomic E-state index is 12.5. The summed E-state index contributed by atoms with van der Waals surface area (Å²) in [5.41, 5.74) is -0.734. The second kappa shape index (κ2) is 5.77. The van der Waals surface area contributed by atoms with E-state index in [1.807, 2.05) is 0 Å². The Morgan fingerprint density at radius 1 is 1.64 bits per heavy atom. The molecule has 1 N–H and O–H groups in total. The van der Waals surface area contributed by atoms with Gasteiger partial charge in [0.15, 0.2) is 11.4 Å². The average molecular weight is 328 g/mol. The Kier molecular flexibility index (Phi) is 4.35. The molecule has 1 aromatic heterocycles. The summed E-state index contributed by atoms with van der Waals surface area (Å²) in [7, 11) is -2.24. The predicted molar refractivity (Wildman–Crippen MR) is 80.4 cm³/mol. The number of rotatable bonds is 4. The quantitative estimate of drug-likeness (QED) is 0.663. The van der Waals surface area contributed by atoms with Crippen molar-refractivity contribution in [3.63, 3.8) is 0 Å². The van der Waals surface area contributed by atoms with Crippen molar-refractivity contribution >= 4 is 16.0 Å². The molecule has 0 amide bonds. The zero-order valence-electron chi connectivity index (χ0n) is 12.9. The molecule has 0 fully saturated rings. The maximum atomic E-state index is 12.5. The standard InChI is InChI=1S/C14H20N2O5S/c1-5-7-14(3)9-21-12-10(22(18,19)15-14)8-16(4)11(12)13(17)20-6-2/h5,8,15H,1,6-7,9H2,2-4H3. The van der Waals surface area contributed by atoms with Crippen molar-refractivity contribution in [1.29, 1.82) is 0 Å². The number of esters is 1. The molecule has 1 atom stereocenters. The van der Waals surface area contributed by atoms with E-state index in [0.29, 0.717) is 6.42 Å². The fourth-order valence-electron chi connectivity index (χ4n) is 2.40. The topological polar surface area (TPSA) is 86.6 Å². The minimum atomic E-state index is -3.81. The van der Waals surface area contributed by atoms with E-state index in [2.05, 4.69) is 11.3 Å². The number of hydrogen-bond donors (Lipinski definition) is 1. The van der Waals surface area contributed by atoms with Gasteiger partial charge in [0.2, 0.25) is 10.0 Å². The van der Waals surface area contributed by atoms with Crippen LogP contribution < -0.4 is 9.46 Å². The molecule has 0 aromatic carbocycles. The van der Waals surface area contributed by atoms with E-state index in [9.17, 15) is 13.2 Å². The molecule has 2 heterocycles. The van der Waals surface area contributed by atoms with Gasteiger partial charge in [0.1, 0.15) is 11.5 Å². The van der Waals surface area contributed by atoms with Gasteiger partial charge in [0, 0.05) is 13.2 Å². The number of fused-ring (bicyclic) bond motifs is 1. The van der Waals surface area contributed by atoms with Gasteiger partial charge in [-0.25, -0.2) is 17.9 Å². The van der Waals surface area contributed by atoms with Crippen molar-refractivity contribution in [1.82, 2.24) is 9.29 Å². The molecule has 7 nitrogen and oxygen atoms in total. The molecule has 1 aliphatic rings. The van der Waals surface area contributed by atoms with Crippen LogP contribution in [0.4, 0.5) is 0 Å². The van der Waals surface area contributed by atoms with Crippen molar-refractivity contribution < 1.29 is 22.7 Å². The highest BCUT2D eigenvalue weighted by atomic mass is 32.2. The Bertz CT molecular complexity index is 707. The predicted octanol–water partition coefficient (Wildman–Crippen LogP) is 1.21. The first-order chi connectivity index (χ1) is 10.2. The van der Waals surface area contributed by atoms with Gasteiger partial charge in [0.05, 0.1) is 12.1 Å². The summed E-state index contributed by atoms with van der Waals surface area (Å²) in [5, 5.41) is 0. The number of sulfonamides is 1. The van der Waals surface area contributed by atoms with Gasteiger partial charge in [-0.15, -0.1) is 6.58 Å². The van der Waals surface area contributed by atoms with Crippen LogP contribution in [0.15, 0.2) is 23.7 Å². The van der Waals surface area contributed by atoms with Crippen molar-refractivity contribution in [2.24, 2.45) is 7.05 Å². The highest BCUT2D eigenvalue weighted by molar-refractivity contribution is 7.89. The summed E-state index contributed by atoms with van der Waals surface area (Å²) in [6, 6.07) is 0. The smallest absolute Gasteiger partial charge is 0.358 e. The third kappa shape index (κ3) is 2.89. The van der Waals surface area contributed by atoms with Gasteiger partial charge < -0.3 is 14.0 Å². The summed E-state index contributed by atoms with van der Waals surface area (Å²) >= 11 is 0. The summed E-state index contributed by atoms with van der Waals surface area (Å²) in [6.07, 6.45) is 3.37. The Morgan fingerprint density at radius 3 is 2.91 bits per heavy atom. The Hall–Kier alpha value is -1.80. The number of carbonyl (C=O) groups excluding carboxylic acids is 1. The number of aromatic nitrogens is 1. The molecule has 22 heavy (non-hydrogen) atoms. The summed E-state index contributed by atoms with van der Waals surface area (Å²) in [5.74, 6) is -0.588. The van der Waals surface area contributed by atoms with Gasteiger partial charge >= 0.3 is 5.97 Å². The number of aryl methyl sites for hydroxylation is 1. The average Bonchev–Trinajstić information content (AvgIpc) is 2.70. The van der Waals surface area contributed by atoms with Crippen LogP contribution in [0.1, 0.15) is 30.8 Å². The molecule has 0 spiro atoms. The SMILES string of the molecule is C=CCC1(C)COc2c(cn(C)c2C(=O)OCC)S(=O)(=O)N1. The number of hydrogen-bond acceptors (Lipinski definition) is 5. The molecular formula is C14H20N2O5S. The molecule has 8 heteroatoms. The third-order valence-electron chi connectivity index (χ3n) is 3.37. The van der Waals surface area contributed by atoms with Crippen molar-refractivity contribution in [2.45, 2.75) is 30.7 Å². The first kappa shape index (κ1) is 16.6. The van der Waals surface area contributed by atoms with Gasteiger partial charge in [-0.2, -0.15) is 0 Å². The second-order valence-electron chi connectivity index (χ2n) is 5.45. The van der Waals surface area contributed by atoms with Crippen molar-refractivity contribution in [3.05, 3.63) is 24.5 Å². The van der Waals surface area contributed by atoms with E-state index in [0.717, 1.165) is 0 Å². The first-order valence-electron chi connectivity index (χ1n) is 6.88. The molecule has 0 saturated carbocycles. The zero-order chi connectivity index (χ0) is 16.5. The molecular weight excluding hydrogens is 308 g/mol. The summed E-state index contributed by atoms with van der Waals surface area (Å²) in [4.78, 5) is 12.0. The van der Waals surface area contributed by atoms with Crippen LogP contribution in [0.5, 0.6) is 5.75 Å². The van der Waals surface area contributed by atoms with Crippen LogP contribution >= 0.6 is 0 Å². The van der Waals surface area contributed by atoms with Crippen LogP contribution in [0.2, 0.25) is 0 Å². The third-order valence-corrected chi connectivity index (χ3v) is 5.00. The van der Waals surface area contributed by atoms with Crippen molar-refractivity contribution in [2.75, 3.05) is 13.2 Å². The maximum Gasteiger partial charge on any atom is 0.358 e. The first-order valence-corrected chi connectivity index (χ1v) is 8.36. The van der Waals surface area contributed by atoms with Gasteiger partial charge in [0.25, 0.3) is 0 Å². The molecule has 2 rings (SSSR count). The lowest BCUT2D eigenvalue weighted by atomic mass is 10.0. The van der Waals surface area contributed by atoms with Gasteiger partial charge in [-0.05, 0) is 20.3 Å². The largest absolute Gasteiger partial charge is 0.488 e. The van der Waals surface area contributed by atoms with E-state index in [1.165, 1.54) is 10.8 Å². The molecule has 0 aliphatic carbocycles. The number of nitrogens with zero attached hydrogens (tertiary/aromatic N) is 1. The number of carbonyl (C=O) groups is 1. The summed E-state index contributed by atoms with van der Waals surface area (Å²) in [6.45, 7) is 7.31. The number of nitrogens with one attached hydrogen (secondary N) is 1. The molecule has 0 saturated heterocycles. The van der Waals surface area contributed by atoms with Crippen LogP contribution in [0.25, 0.3) is 0 Å². The van der Waals surface area contributed by atoms with E-state index in [1.54, 1.807) is 27.0 Å². The highest BCUT2D eigenvalue weighted by Gasteiger charge is 2.39. The number of ether oxygens (including phenoxy) is 2. The monoisotopic (exact) mass is 328 g/mol. The molecule has 1 aliphatic heterocycles. The minimum Gasteiger partial charge on any atom is -0.488 e. The molecule has 1 aromatic rings. The van der Waals surface area contributed by atoms with E-state index < -0.39 is 21.5 Å². The molecule has 1 unspecified atom stereocenters. The van der Waals surface area contributed by atoms with E-state index in [4.69, 9.17) is 9.47 Å². The van der Waals surface area contributed by atoms with Crippen LogP contribution in [0, 0.1) is 0 Å². The summed E-state index contributed by atoms with van der Waals surface area (Å²) < 4.78 is 39.7. The Labute approximate surface area is 130 Å². The lowest BCUT2D eigenvalue weighted by Crippen LogP contribution is -2.48. The van der Waals surface area contributed by atoms with Crippen LogP contribution in [0.3, 0.4) is 0 Å². The fraction of sp³-hybridized carbons (Fsp3) is 0.500.